The van der Waals surface area contributed by atoms with Crippen LogP contribution in [0.2, 0.25) is 0 Å². The van der Waals surface area contributed by atoms with E-state index in [2.05, 4.69) is 268 Å². The zero-order valence-corrected chi connectivity index (χ0v) is 46.8. The maximum atomic E-state index is 7.74. The van der Waals surface area contributed by atoms with Crippen molar-refractivity contribution in [1.29, 1.82) is 0 Å². The van der Waals surface area contributed by atoms with Gasteiger partial charge in [0, 0.05) is 50.8 Å². The second-order valence-electron chi connectivity index (χ2n) is 26.4. The number of aryl methyl sites for hydroxylation is 1. The van der Waals surface area contributed by atoms with Gasteiger partial charge in [-0.3, -0.25) is 0 Å². The van der Waals surface area contributed by atoms with Crippen LogP contribution in [0.15, 0.2) is 174 Å². The summed E-state index contributed by atoms with van der Waals surface area (Å²) in [6, 6.07) is 64.5. The van der Waals surface area contributed by atoms with Crippen LogP contribution in [0.5, 0.6) is 0 Å². The standard InChI is InChI=1S/C71H72BN3O/c1-45-38-61-64-62(39-45)75(59-33-28-47(67(2,3)4)40-52(59)46-22-16-13-17-23-46)65-53-43-56-57(71(11,12)37-36-70(56,9)10)44-63(53)76-66(65)72(64)58-32-30-51(73(48-24-18-14-19-25-48)49-26-20-15-21-27-49)42-60(58)74(61)50-29-31-54-55(41-50)69(7,8)35-34-68(54,5)6/h13-33,38-44H,34-37H2,1-12H3. The van der Waals surface area contributed by atoms with Crippen LogP contribution in [-0.2, 0) is 27.1 Å². The van der Waals surface area contributed by atoms with Gasteiger partial charge in [0.1, 0.15) is 5.58 Å². The number of hydrogen-bond donors (Lipinski definition) is 0. The highest BCUT2D eigenvalue weighted by atomic mass is 16.3. The number of rotatable bonds is 6. The molecule has 4 nitrogen and oxygen atoms in total. The summed E-state index contributed by atoms with van der Waals surface area (Å²) in [6.07, 6.45) is 4.57. The first-order chi connectivity index (χ1) is 36.2. The summed E-state index contributed by atoms with van der Waals surface area (Å²) in [4.78, 5) is 7.64. The van der Waals surface area contributed by atoms with Crippen molar-refractivity contribution in [2.75, 3.05) is 14.7 Å². The first-order valence-corrected chi connectivity index (χ1v) is 28.0. The van der Waals surface area contributed by atoms with E-state index in [1.807, 2.05) is 0 Å². The summed E-state index contributed by atoms with van der Waals surface area (Å²) in [6.45, 7) is 28.6. The average Bonchev–Trinajstić information content (AvgIpc) is 3.99. The fourth-order valence-electron chi connectivity index (χ4n) is 13.7. The number of fused-ring (bicyclic) bond motifs is 8. The van der Waals surface area contributed by atoms with Crippen LogP contribution in [0, 0.1) is 6.92 Å². The molecule has 0 N–H and O–H groups in total. The van der Waals surface area contributed by atoms with Gasteiger partial charge in [0.05, 0.1) is 17.0 Å². The molecule has 13 rings (SSSR count). The fourth-order valence-corrected chi connectivity index (χ4v) is 13.7. The molecule has 3 heterocycles. The van der Waals surface area contributed by atoms with Gasteiger partial charge in [-0.2, -0.15) is 0 Å². The van der Waals surface area contributed by atoms with Crippen molar-refractivity contribution in [3.63, 3.8) is 0 Å². The predicted octanol–water partition coefficient (Wildman–Crippen LogP) is 18.0. The number of anilines is 9. The quantitative estimate of drug-likeness (QED) is 0.155. The van der Waals surface area contributed by atoms with E-state index in [4.69, 9.17) is 4.42 Å². The van der Waals surface area contributed by atoms with E-state index < -0.39 is 0 Å². The van der Waals surface area contributed by atoms with Crippen LogP contribution in [0.1, 0.15) is 135 Å². The van der Waals surface area contributed by atoms with Gasteiger partial charge in [0.15, 0.2) is 0 Å². The molecule has 0 amide bonds. The number of benzene rings is 8. The van der Waals surface area contributed by atoms with E-state index in [9.17, 15) is 0 Å². The molecule has 9 aromatic rings. The average molecular weight is 994 g/mol. The van der Waals surface area contributed by atoms with Crippen LogP contribution in [-0.4, -0.2) is 6.71 Å². The molecule has 8 aromatic carbocycles. The summed E-state index contributed by atoms with van der Waals surface area (Å²) >= 11 is 0. The van der Waals surface area contributed by atoms with E-state index in [0.717, 1.165) is 64.6 Å². The zero-order chi connectivity index (χ0) is 52.8. The Kier molecular flexibility index (Phi) is 10.8. The molecule has 0 saturated carbocycles. The molecule has 2 aliphatic heterocycles. The SMILES string of the molecule is Cc1cc2c3c(c1)N(c1ccc(C(C)(C)C)cc1-c1ccccc1)c1c(oc4cc5c(cc14)C(C)(C)CCC5(C)C)B3c1ccc(N(c3ccccc3)c3ccccc3)cc1N2c1ccc2c(c1)C(C)(C)CCC2(C)C. The number of para-hydroxylation sites is 2. The Bertz CT molecular complexity index is 3740. The van der Waals surface area contributed by atoms with Crippen molar-refractivity contribution in [1.82, 2.24) is 0 Å². The highest BCUT2D eigenvalue weighted by Crippen LogP contribution is 2.55. The topological polar surface area (TPSA) is 22.9 Å². The highest BCUT2D eigenvalue weighted by molar-refractivity contribution is 7.00. The minimum absolute atomic E-state index is 0.00426. The Hall–Kier alpha value is -7.24. The van der Waals surface area contributed by atoms with E-state index in [1.165, 1.54) is 84.3 Å². The maximum absolute atomic E-state index is 7.74. The Labute approximate surface area is 452 Å². The van der Waals surface area contributed by atoms with Gasteiger partial charge >= 0.3 is 0 Å². The van der Waals surface area contributed by atoms with E-state index >= 15 is 0 Å². The Morgan fingerprint density at radius 2 is 1.04 bits per heavy atom. The normalized spacial score (nSPS) is 17.3. The lowest BCUT2D eigenvalue weighted by molar-refractivity contribution is 0.332. The maximum Gasteiger partial charge on any atom is 0.297 e. The first kappa shape index (κ1) is 48.4. The summed E-state index contributed by atoms with van der Waals surface area (Å²) < 4.78 is 7.74. The lowest BCUT2D eigenvalue weighted by Crippen LogP contribution is -2.61. The number of furan rings is 1. The molecule has 1 aromatic heterocycles. The minimum atomic E-state index is -0.202. The lowest BCUT2D eigenvalue weighted by Gasteiger charge is -2.45. The molecule has 0 fully saturated rings. The molecule has 0 spiro atoms. The van der Waals surface area contributed by atoms with Gasteiger partial charge in [0.25, 0.3) is 6.71 Å². The highest BCUT2D eigenvalue weighted by Gasteiger charge is 2.49. The summed E-state index contributed by atoms with van der Waals surface area (Å²) in [7, 11) is 0. The molecule has 76 heavy (non-hydrogen) atoms. The fraction of sp³-hybridized carbons (Fsp3) is 0.296. The summed E-state index contributed by atoms with van der Waals surface area (Å²) in [5.74, 6) is 0. The Morgan fingerprint density at radius 1 is 0.487 bits per heavy atom. The van der Waals surface area contributed by atoms with Crippen molar-refractivity contribution in [3.05, 3.63) is 203 Å². The Morgan fingerprint density at radius 3 is 1.64 bits per heavy atom. The lowest BCUT2D eigenvalue weighted by atomic mass is 9.35. The Balaban J connectivity index is 1.15. The molecular formula is C71H72BN3O. The molecule has 5 heteroatoms. The first-order valence-electron chi connectivity index (χ1n) is 28.0. The van der Waals surface area contributed by atoms with E-state index in [0.29, 0.717) is 0 Å². The van der Waals surface area contributed by atoms with Gasteiger partial charge in [-0.15, -0.1) is 0 Å². The van der Waals surface area contributed by atoms with Crippen LogP contribution < -0.4 is 31.3 Å². The van der Waals surface area contributed by atoms with Crippen molar-refractivity contribution in [2.45, 2.75) is 136 Å². The van der Waals surface area contributed by atoms with Crippen LogP contribution in [0.25, 0.3) is 22.1 Å². The van der Waals surface area contributed by atoms with Crippen molar-refractivity contribution in [2.24, 2.45) is 0 Å². The van der Waals surface area contributed by atoms with E-state index in [1.54, 1.807) is 0 Å². The van der Waals surface area contributed by atoms with Crippen LogP contribution in [0.4, 0.5) is 51.2 Å². The van der Waals surface area contributed by atoms with Crippen molar-refractivity contribution < 1.29 is 4.42 Å². The van der Waals surface area contributed by atoms with Gasteiger partial charge in [-0.1, -0.05) is 161 Å². The molecule has 0 radical (unpaired) electrons. The monoisotopic (exact) mass is 994 g/mol. The molecule has 0 atom stereocenters. The second-order valence-corrected chi connectivity index (χ2v) is 26.4. The largest absolute Gasteiger partial charge is 0.468 e. The van der Waals surface area contributed by atoms with Gasteiger partial charge < -0.3 is 19.1 Å². The van der Waals surface area contributed by atoms with Crippen LogP contribution >= 0.6 is 0 Å². The molecule has 2 aliphatic carbocycles. The summed E-state index contributed by atoms with van der Waals surface area (Å²) in [5, 5.41) is 1.17. The molecule has 0 saturated heterocycles. The molecule has 0 unspecified atom stereocenters. The third kappa shape index (κ3) is 7.53. The number of nitrogens with zero attached hydrogens (tertiary/aromatic N) is 3. The van der Waals surface area contributed by atoms with Crippen LogP contribution in [0.3, 0.4) is 0 Å². The third-order valence-corrected chi connectivity index (χ3v) is 18.3. The number of hydrogen-bond acceptors (Lipinski definition) is 4. The third-order valence-electron chi connectivity index (χ3n) is 18.3. The zero-order valence-electron chi connectivity index (χ0n) is 46.8. The van der Waals surface area contributed by atoms with Gasteiger partial charge in [-0.05, 0) is 194 Å². The minimum Gasteiger partial charge on any atom is -0.468 e. The smallest absolute Gasteiger partial charge is 0.297 e. The van der Waals surface area contributed by atoms with Crippen molar-refractivity contribution in [3.8, 4) is 11.1 Å². The van der Waals surface area contributed by atoms with E-state index in [-0.39, 0.29) is 33.8 Å². The molecule has 380 valence electrons. The van der Waals surface area contributed by atoms with Crippen molar-refractivity contribution >= 4 is 85.5 Å². The molecule has 0 bridgehead atoms. The molecule has 4 aliphatic rings. The second kappa shape index (κ2) is 16.9. The predicted molar refractivity (Wildman–Crippen MR) is 324 cm³/mol. The molecular weight excluding hydrogens is 922 g/mol. The summed E-state index contributed by atoms with van der Waals surface area (Å²) in [5.41, 5.74) is 25.5. The van der Waals surface area contributed by atoms with Gasteiger partial charge in [-0.25, -0.2) is 0 Å². The van der Waals surface area contributed by atoms with Gasteiger partial charge in [0.2, 0.25) is 0 Å².